The average molecular weight is 624 g/mol. The van der Waals surface area contributed by atoms with Crippen LogP contribution in [-0.2, 0) is 10.1 Å². The zero-order valence-corrected chi connectivity index (χ0v) is 25.0. The minimum Gasteiger partial charge on any atom is -0.741 e. The Labute approximate surface area is 260 Å². The van der Waals surface area contributed by atoms with Gasteiger partial charge >= 0.3 is 5.51 Å². The minimum absolute atomic E-state index is 1.14. The van der Waals surface area contributed by atoms with Crippen LogP contribution in [0.25, 0.3) is 50.5 Å². The van der Waals surface area contributed by atoms with Crippen LogP contribution in [0.15, 0.2) is 152 Å². The van der Waals surface area contributed by atoms with Gasteiger partial charge in [0.15, 0.2) is 10.1 Å². The lowest BCUT2D eigenvalue weighted by Gasteiger charge is -2.18. The van der Waals surface area contributed by atoms with Gasteiger partial charge in [-0.2, -0.15) is 17.7 Å². The summed E-state index contributed by atoms with van der Waals surface area (Å²) < 4.78 is 61.3. The third kappa shape index (κ3) is 7.20. The molecule has 0 atom stereocenters. The summed E-state index contributed by atoms with van der Waals surface area (Å²) in [4.78, 5) is 0. The standard InChI is InChI=1S/C36H28N.CHF3O3S/c1-27-22-24-32(25-23-27)37-34(29-16-8-3-9-17-29)26-33(28-14-6-2-7-15-28)35(30-18-10-4-11-19-30)36(37)31-20-12-5-13-21-31;2-1(3,4)8(5,6)7/h2-26H,1H3;(H,5,6,7)/q+1;/p-1. The van der Waals surface area contributed by atoms with Gasteiger partial charge in [-0.25, -0.2) is 8.42 Å². The van der Waals surface area contributed by atoms with Crippen molar-refractivity contribution in [2.75, 3.05) is 0 Å². The zero-order chi connectivity index (χ0) is 32.0. The van der Waals surface area contributed by atoms with Gasteiger partial charge < -0.3 is 4.55 Å². The number of halogens is 3. The van der Waals surface area contributed by atoms with Crippen LogP contribution in [0.5, 0.6) is 0 Å². The summed E-state index contributed by atoms with van der Waals surface area (Å²) in [5.41, 5.74) is 6.26. The van der Waals surface area contributed by atoms with Crippen LogP contribution in [0.1, 0.15) is 5.56 Å². The smallest absolute Gasteiger partial charge is 0.485 e. The van der Waals surface area contributed by atoms with Crippen molar-refractivity contribution in [2.45, 2.75) is 12.4 Å². The average Bonchev–Trinajstić information content (AvgIpc) is 3.05. The summed E-state index contributed by atoms with van der Waals surface area (Å²) >= 11 is 0. The largest absolute Gasteiger partial charge is 0.741 e. The molecule has 0 aliphatic rings. The van der Waals surface area contributed by atoms with Crippen LogP contribution < -0.4 is 4.57 Å². The van der Waals surface area contributed by atoms with Crippen molar-refractivity contribution in [1.82, 2.24) is 0 Å². The van der Waals surface area contributed by atoms with Crippen LogP contribution >= 0.6 is 0 Å². The van der Waals surface area contributed by atoms with Gasteiger partial charge in [0.2, 0.25) is 17.1 Å². The first-order chi connectivity index (χ1) is 21.5. The maximum absolute atomic E-state index is 10.7. The van der Waals surface area contributed by atoms with Crippen molar-refractivity contribution in [3.05, 3.63) is 157 Å². The minimum atomic E-state index is -6.09. The molecule has 1 heterocycles. The highest BCUT2D eigenvalue weighted by Crippen LogP contribution is 2.41. The van der Waals surface area contributed by atoms with Crippen molar-refractivity contribution in [3.8, 4) is 50.5 Å². The maximum atomic E-state index is 10.7. The lowest BCUT2D eigenvalue weighted by atomic mass is 9.88. The van der Waals surface area contributed by atoms with Crippen molar-refractivity contribution in [2.24, 2.45) is 0 Å². The van der Waals surface area contributed by atoms with Gasteiger partial charge in [0.25, 0.3) is 0 Å². The SMILES string of the molecule is Cc1ccc(-[n+]2c(-c3ccccc3)cc(-c3ccccc3)c(-c3ccccc3)c2-c2ccccc2)cc1.O=S(=O)([O-])C(F)(F)F. The Morgan fingerprint density at radius 2 is 0.978 bits per heavy atom. The van der Waals surface area contributed by atoms with Crippen LogP contribution in [0.4, 0.5) is 13.2 Å². The van der Waals surface area contributed by atoms with E-state index < -0.39 is 15.6 Å². The molecule has 0 amide bonds. The van der Waals surface area contributed by atoms with E-state index in [0.717, 1.165) is 11.4 Å². The number of hydrogen-bond donors (Lipinski definition) is 0. The third-order valence-corrected chi connectivity index (χ3v) is 7.66. The van der Waals surface area contributed by atoms with E-state index in [4.69, 9.17) is 13.0 Å². The second-order valence-corrected chi connectivity index (χ2v) is 11.6. The number of pyridine rings is 1. The molecule has 5 aromatic carbocycles. The number of aromatic nitrogens is 1. The molecule has 0 saturated carbocycles. The van der Waals surface area contributed by atoms with E-state index in [1.807, 2.05) is 0 Å². The number of nitrogens with zero attached hydrogens (tertiary/aromatic N) is 1. The summed E-state index contributed by atoms with van der Waals surface area (Å²) in [6, 6.07) is 54.2. The molecular weight excluding hydrogens is 595 g/mol. The molecule has 0 bridgehead atoms. The first kappa shape index (κ1) is 31.4. The predicted octanol–water partition coefficient (Wildman–Crippen LogP) is 8.99. The fourth-order valence-electron chi connectivity index (χ4n) is 5.03. The molecule has 6 aromatic rings. The van der Waals surface area contributed by atoms with E-state index in [0.29, 0.717) is 0 Å². The van der Waals surface area contributed by atoms with Crippen molar-refractivity contribution >= 4 is 10.1 Å². The Morgan fingerprint density at radius 3 is 1.42 bits per heavy atom. The van der Waals surface area contributed by atoms with Gasteiger partial charge in [-0.3, -0.25) is 0 Å². The first-order valence-corrected chi connectivity index (χ1v) is 15.4. The molecular formula is C37H28F3NO3S. The van der Waals surface area contributed by atoms with E-state index in [1.54, 1.807) is 0 Å². The molecule has 8 heteroatoms. The summed E-state index contributed by atoms with van der Waals surface area (Å²) in [6.45, 7) is 2.14. The summed E-state index contributed by atoms with van der Waals surface area (Å²) in [6.07, 6.45) is 0. The molecule has 0 aliphatic heterocycles. The molecule has 6 rings (SSSR count). The van der Waals surface area contributed by atoms with E-state index >= 15 is 0 Å². The van der Waals surface area contributed by atoms with Gasteiger partial charge in [-0.1, -0.05) is 115 Å². The van der Waals surface area contributed by atoms with Crippen molar-refractivity contribution < 1.29 is 30.7 Å². The lowest BCUT2D eigenvalue weighted by Crippen LogP contribution is -2.37. The zero-order valence-electron chi connectivity index (χ0n) is 24.1. The molecule has 0 fully saturated rings. The molecule has 0 unspecified atom stereocenters. The maximum Gasteiger partial charge on any atom is 0.485 e. The van der Waals surface area contributed by atoms with Gasteiger partial charge in [0.05, 0.1) is 5.56 Å². The molecule has 0 saturated heterocycles. The van der Waals surface area contributed by atoms with E-state index in [2.05, 4.69) is 163 Å². The summed E-state index contributed by atoms with van der Waals surface area (Å²) in [5.74, 6) is 0. The van der Waals surface area contributed by atoms with E-state index in [1.165, 1.54) is 44.6 Å². The number of aryl methyl sites for hydroxylation is 1. The van der Waals surface area contributed by atoms with Gasteiger partial charge in [0.1, 0.15) is 0 Å². The molecule has 0 aliphatic carbocycles. The quantitative estimate of drug-likeness (QED) is 0.109. The number of hydrogen-bond acceptors (Lipinski definition) is 3. The monoisotopic (exact) mass is 623 g/mol. The Bertz CT molecular complexity index is 1980. The Balaban J connectivity index is 0.000000444. The number of benzene rings is 5. The van der Waals surface area contributed by atoms with E-state index in [9.17, 15) is 13.2 Å². The second kappa shape index (κ2) is 13.3. The fourth-order valence-corrected chi connectivity index (χ4v) is 5.03. The van der Waals surface area contributed by atoms with Crippen molar-refractivity contribution in [1.29, 1.82) is 0 Å². The Kier molecular flexibility index (Phi) is 9.27. The molecule has 45 heavy (non-hydrogen) atoms. The highest BCUT2D eigenvalue weighted by atomic mass is 32.2. The van der Waals surface area contributed by atoms with E-state index in [-0.39, 0.29) is 0 Å². The highest BCUT2D eigenvalue weighted by Gasteiger charge is 2.37. The third-order valence-electron chi connectivity index (χ3n) is 7.09. The highest BCUT2D eigenvalue weighted by molar-refractivity contribution is 7.86. The lowest BCUT2D eigenvalue weighted by molar-refractivity contribution is -0.571. The Hall–Kier alpha value is -5.05. The van der Waals surface area contributed by atoms with Crippen LogP contribution in [0.2, 0.25) is 0 Å². The fraction of sp³-hybridized carbons (Fsp3) is 0.0541. The normalized spacial score (nSPS) is 11.4. The van der Waals surface area contributed by atoms with Gasteiger partial charge in [-0.05, 0) is 42.3 Å². The Morgan fingerprint density at radius 1 is 0.578 bits per heavy atom. The van der Waals surface area contributed by atoms with Gasteiger partial charge in [0, 0.05) is 34.9 Å². The molecule has 0 spiro atoms. The number of rotatable bonds is 5. The molecule has 1 aromatic heterocycles. The summed E-state index contributed by atoms with van der Waals surface area (Å²) in [5, 5.41) is 0. The molecule has 0 radical (unpaired) electrons. The van der Waals surface area contributed by atoms with Gasteiger partial charge in [-0.15, -0.1) is 0 Å². The van der Waals surface area contributed by atoms with Crippen LogP contribution in [-0.4, -0.2) is 18.5 Å². The van der Waals surface area contributed by atoms with Crippen LogP contribution in [0, 0.1) is 6.92 Å². The molecule has 226 valence electrons. The summed E-state index contributed by atoms with van der Waals surface area (Å²) in [7, 11) is -6.09. The molecule has 4 nitrogen and oxygen atoms in total. The number of alkyl halides is 3. The van der Waals surface area contributed by atoms with Crippen molar-refractivity contribution in [3.63, 3.8) is 0 Å². The first-order valence-electron chi connectivity index (χ1n) is 14.0. The predicted molar refractivity (Wildman–Crippen MR) is 170 cm³/mol. The topological polar surface area (TPSA) is 61.1 Å². The molecule has 0 N–H and O–H groups in total. The van der Waals surface area contributed by atoms with Crippen LogP contribution in [0.3, 0.4) is 0 Å². The second-order valence-electron chi connectivity index (χ2n) is 10.2.